The van der Waals surface area contributed by atoms with Crippen molar-refractivity contribution in [2.24, 2.45) is 0 Å². The fourth-order valence-corrected chi connectivity index (χ4v) is 3.31. The van der Waals surface area contributed by atoms with Crippen LogP contribution in [0.15, 0.2) is 30.3 Å². The molecule has 0 aliphatic carbocycles. The first-order chi connectivity index (χ1) is 11.6. The summed E-state index contributed by atoms with van der Waals surface area (Å²) < 4.78 is 0. The highest BCUT2D eigenvalue weighted by Gasteiger charge is 2.13. The van der Waals surface area contributed by atoms with Crippen LogP contribution in [0.4, 0.5) is 11.4 Å². The standard InChI is InChI=1S/C21H30N2O/c1-5-8-15(3)22-19-11-7-10-18-17(14-24)12-13-20(21(18)19)23-16(4)9-6-2/h7,10-16,22-23H,5-6,8-9H2,1-4H3. The van der Waals surface area contributed by atoms with Crippen molar-refractivity contribution in [3.63, 3.8) is 0 Å². The lowest BCUT2D eigenvalue weighted by Crippen LogP contribution is -2.17. The lowest BCUT2D eigenvalue weighted by atomic mass is 10.0. The van der Waals surface area contributed by atoms with Gasteiger partial charge < -0.3 is 10.6 Å². The zero-order valence-corrected chi connectivity index (χ0v) is 15.4. The molecule has 2 unspecified atom stereocenters. The summed E-state index contributed by atoms with van der Waals surface area (Å²) in [6.07, 6.45) is 5.49. The van der Waals surface area contributed by atoms with Crippen molar-refractivity contribution in [2.45, 2.75) is 65.5 Å². The van der Waals surface area contributed by atoms with Crippen LogP contribution in [0.25, 0.3) is 10.8 Å². The topological polar surface area (TPSA) is 41.1 Å². The molecule has 2 rings (SSSR count). The van der Waals surface area contributed by atoms with Gasteiger partial charge in [0.15, 0.2) is 6.29 Å². The van der Waals surface area contributed by atoms with Gasteiger partial charge in [-0.3, -0.25) is 4.79 Å². The number of anilines is 2. The second-order valence-electron chi connectivity index (χ2n) is 6.72. The summed E-state index contributed by atoms with van der Waals surface area (Å²) in [5.74, 6) is 0. The van der Waals surface area contributed by atoms with Crippen LogP contribution < -0.4 is 10.6 Å². The van der Waals surface area contributed by atoms with Gasteiger partial charge in [0.05, 0.1) is 0 Å². The minimum absolute atomic E-state index is 0.404. The van der Waals surface area contributed by atoms with Gasteiger partial charge in [0.25, 0.3) is 0 Å². The molecule has 2 aromatic carbocycles. The Morgan fingerprint density at radius 3 is 2.04 bits per heavy atom. The van der Waals surface area contributed by atoms with Crippen molar-refractivity contribution in [2.75, 3.05) is 10.6 Å². The zero-order chi connectivity index (χ0) is 17.5. The number of carbonyl (C=O) groups is 1. The molecule has 130 valence electrons. The number of fused-ring (bicyclic) bond motifs is 1. The van der Waals surface area contributed by atoms with E-state index in [1.54, 1.807) is 0 Å². The molecule has 0 saturated heterocycles. The van der Waals surface area contributed by atoms with E-state index in [0.717, 1.165) is 59.7 Å². The Labute approximate surface area is 145 Å². The van der Waals surface area contributed by atoms with Gasteiger partial charge in [-0.1, -0.05) is 38.8 Å². The van der Waals surface area contributed by atoms with Gasteiger partial charge in [-0.05, 0) is 50.3 Å². The van der Waals surface area contributed by atoms with Crippen LogP contribution in [0.3, 0.4) is 0 Å². The highest BCUT2D eigenvalue weighted by Crippen LogP contribution is 2.34. The summed E-state index contributed by atoms with van der Waals surface area (Å²) in [6.45, 7) is 8.81. The molecule has 2 aromatic rings. The molecule has 0 spiro atoms. The predicted molar refractivity (Wildman–Crippen MR) is 105 cm³/mol. The highest BCUT2D eigenvalue weighted by molar-refractivity contribution is 6.09. The van der Waals surface area contributed by atoms with E-state index in [2.05, 4.69) is 44.4 Å². The molecule has 0 saturated carbocycles. The van der Waals surface area contributed by atoms with E-state index in [-0.39, 0.29) is 0 Å². The van der Waals surface area contributed by atoms with E-state index in [1.165, 1.54) is 0 Å². The number of benzene rings is 2. The first-order valence-corrected chi connectivity index (χ1v) is 9.14. The van der Waals surface area contributed by atoms with Gasteiger partial charge in [-0.2, -0.15) is 0 Å². The van der Waals surface area contributed by atoms with E-state index < -0.39 is 0 Å². The van der Waals surface area contributed by atoms with Crippen molar-refractivity contribution < 1.29 is 4.79 Å². The first-order valence-electron chi connectivity index (χ1n) is 9.14. The minimum Gasteiger partial charge on any atom is -0.382 e. The smallest absolute Gasteiger partial charge is 0.150 e. The molecule has 0 aromatic heterocycles. The molecular weight excluding hydrogens is 296 g/mol. The van der Waals surface area contributed by atoms with Crippen LogP contribution >= 0.6 is 0 Å². The largest absolute Gasteiger partial charge is 0.382 e. The van der Waals surface area contributed by atoms with E-state index in [4.69, 9.17) is 0 Å². The number of nitrogens with one attached hydrogen (secondary N) is 2. The van der Waals surface area contributed by atoms with Crippen molar-refractivity contribution in [3.05, 3.63) is 35.9 Å². The van der Waals surface area contributed by atoms with Crippen molar-refractivity contribution in [1.29, 1.82) is 0 Å². The summed E-state index contributed by atoms with van der Waals surface area (Å²) in [6, 6.07) is 10.9. The lowest BCUT2D eigenvalue weighted by Gasteiger charge is -2.21. The monoisotopic (exact) mass is 326 g/mol. The molecular formula is C21H30N2O. The second-order valence-corrected chi connectivity index (χ2v) is 6.72. The Balaban J connectivity index is 2.50. The molecule has 3 nitrogen and oxygen atoms in total. The zero-order valence-electron chi connectivity index (χ0n) is 15.4. The minimum atomic E-state index is 0.404. The maximum Gasteiger partial charge on any atom is 0.150 e. The van der Waals surface area contributed by atoms with E-state index in [1.807, 2.05) is 24.3 Å². The van der Waals surface area contributed by atoms with Crippen LogP contribution in [-0.4, -0.2) is 18.4 Å². The second kappa shape index (κ2) is 8.72. The number of aldehydes is 1. The Bertz CT molecular complexity index is 661. The molecule has 2 N–H and O–H groups in total. The third-order valence-electron chi connectivity index (χ3n) is 4.45. The summed E-state index contributed by atoms with van der Waals surface area (Å²) in [5, 5.41) is 9.38. The Morgan fingerprint density at radius 1 is 0.917 bits per heavy atom. The summed E-state index contributed by atoms with van der Waals surface area (Å²) >= 11 is 0. The van der Waals surface area contributed by atoms with E-state index in [9.17, 15) is 4.79 Å². The molecule has 3 heteroatoms. The molecule has 0 aliphatic rings. The maximum absolute atomic E-state index is 11.5. The molecule has 0 bridgehead atoms. The van der Waals surface area contributed by atoms with Gasteiger partial charge >= 0.3 is 0 Å². The van der Waals surface area contributed by atoms with Gasteiger partial charge in [-0.25, -0.2) is 0 Å². The third kappa shape index (κ3) is 4.28. The van der Waals surface area contributed by atoms with Crippen LogP contribution in [0.1, 0.15) is 63.7 Å². The third-order valence-corrected chi connectivity index (χ3v) is 4.45. The van der Waals surface area contributed by atoms with Crippen LogP contribution in [-0.2, 0) is 0 Å². The molecule has 2 atom stereocenters. The summed E-state index contributed by atoms with van der Waals surface area (Å²) in [4.78, 5) is 11.5. The van der Waals surface area contributed by atoms with Gasteiger partial charge in [0.2, 0.25) is 0 Å². The van der Waals surface area contributed by atoms with Gasteiger partial charge in [0, 0.05) is 34.4 Å². The van der Waals surface area contributed by atoms with Crippen molar-refractivity contribution >= 4 is 28.4 Å². The maximum atomic E-state index is 11.5. The predicted octanol–water partition coefficient (Wildman–Crippen LogP) is 5.85. The quantitative estimate of drug-likeness (QED) is 0.568. The Kier molecular flexibility index (Phi) is 6.65. The van der Waals surface area contributed by atoms with Crippen molar-refractivity contribution in [1.82, 2.24) is 0 Å². The summed E-state index contributed by atoms with van der Waals surface area (Å²) in [5.41, 5.74) is 2.94. The van der Waals surface area contributed by atoms with Gasteiger partial charge in [-0.15, -0.1) is 0 Å². The SMILES string of the molecule is CCCC(C)Nc1cccc2c(C=O)ccc(NC(C)CCC)c12. The molecule has 0 fully saturated rings. The Hall–Kier alpha value is -2.03. The van der Waals surface area contributed by atoms with Gasteiger partial charge in [0.1, 0.15) is 0 Å². The lowest BCUT2D eigenvalue weighted by molar-refractivity contribution is 0.112. The Morgan fingerprint density at radius 2 is 1.50 bits per heavy atom. The normalized spacial score (nSPS) is 13.5. The van der Waals surface area contributed by atoms with Crippen LogP contribution in [0.2, 0.25) is 0 Å². The molecule has 24 heavy (non-hydrogen) atoms. The van der Waals surface area contributed by atoms with Crippen LogP contribution in [0.5, 0.6) is 0 Å². The van der Waals surface area contributed by atoms with Crippen molar-refractivity contribution in [3.8, 4) is 0 Å². The fourth-order valence-electron chi connectivity index (χ4n) is 3.31. The average molecular weight is 326 g/mol. The molecule has 0 aliphatic heterocycles. The molecule has 0 heterocycles. The average Bonchev–Trinajstić information content (AvgIpc) is 2.55. The van der Waals surface area contributed by atoms with E-state index in [0.29, 0.717) is 12.1 Å². The van der Waals surface area contributed by atoms with Crippen LogP contribution in [0, 0.1) is 0 Å². The number of rotatable bonds is 9. The number of hydrogen-bond acceptors (Lipinski definition) is 3. The van der Waals surface area contributed by atoms with E-state index >= 15 is 0 Å². The number of hydrogen-bond donors (Lipinski definition) is 2. The highest BCUT2D eigenvalue weighted by atomic mass is 16.1. The molecule has 0 radical (unpaired) electrons. The first kappa shape index (κ1) is 18.3. The fraction of sp³-hybridized carbons (Fsp3) is 0.476. The number of carbonyl (C=O) groups excluding carboxylic acids is 1. The molecule has 0 amide bonds. The summed E-state index contributed by atoms with van der Waals surface area (Å²) in [7, 11) is 0.